The predicted octanol–water partition coefficient (Wildman–Crippen LogP) is 7.91. The third-order valence-corrected chi connectivity index (χ3v) is 10.2. The van der Waals surface area contributed by atoms with Gasteiger partial charge in [0.05, 0.1) is 12.3 Å². The van der Waals surface area contributed by atoms with Gasteiger partial charge in [0.15, 0.2) is 0 Å². The van der Waals surface area contributed by atoms with Crippen LogP contribution in [0, 0.1) is 0 Å². The first-order valence-electron chi connectivity index (χ1n) is 17.4. The smallest absolute Gasteiger partial charge is 0.200 e. The standard InChI is InChI=1S/2C22H24B.Cu/c2*1-2-3-19-23(20-13-7-4-8-14-20,21-15-9-5-10-16-21)22-17-11-6-12-18-22;/h2*4-18H,2-3,19H2,1H3;/q2*-1;+2. The molecule has 0 spiro atoms. The second kappa shape index (κ2) is 18.3. The Labute approximate surface area is 295 Å². The van der Waals surface area contributed by atoms with Gasteiger partial charge in [0.2, 0.25) is 0 Å². The summed E-state index contributed by atoms with van der Waals surface area (Å²) >= 11 is 0. The molecule has 0 amide bonds. The zero-order chi connectivity index (χ0) is 31.9. The Morgan fingerprint density at radius 1 is 0.298 bits per heavy atom. The van der Waals surface area contributed by atoms with Crippen LogP contribution in [0.1, 0.15) is 39.5 Å². The first-order valence-corrected chi connectivity index (χ1v) is 17.4. The van der Waals surface area contributed by atoms with Gasteiger partial charge in [-0.3, -0.25) is 0 Å². The average Bonchev–Trinajstić information content (AvgIpc) is 3.15. The first-order chi connectivity index (χ1) is 22.8. The molecular weight excluding hydrogens is 614 g/mol. The van der Waals surface area contributed by atoms with Crippen molar-refractivity contribution in [2.24, 2.45) is 0 Å². The molecule has 0 atom stereocenters. The molecule has 0 bridgehead atoms. The van der Waals surface area contributed by atoms with Crippen LogP contribution in [0.2, 0.25) is 12.6 Å². The minimum absolute atomic E-state index is 0. The van der Waals surface area contributed by atoms with Crippen molar-refractivity contribution >= 4 is 45.1 Å². The quantitative estimate of drug-likeness (QED) is 0.117. The van der Waals surface area contributed by atoms with Crippen molar-refractivity contribution in [3.8, 4) is 0 Å². The van der Waals surface area contributed by atoms with Crippen molar-refractivity contribution in [1.29, 1.82) is 0 Å². The number of hydrogen-bond donors (Lipinski definition) is 0. The summed E-state index contributed by atoms with van der Waals surface area (Å²) in [5.41, 5.74) is 8.66. The summed E-state index contributed by atoms with van der Waals surface area (Å²) in [5.74, 6) is 0. The normalized spacial score (nSPS) is 11.1. The molecule has 3 heteroatoms. The van der Waals surface area contributed by atoms with Gasteiger partial charge in [-0.05, 0) is 0 Å². The van der Waals surface area contributed by atoms with Gasteiger partial charge < -0.3 is 0 Å². The maximum atomic E-state index is 2.30. The largest absolute Gasteiger partial charge is 2.00 e. The van der Waals surface area contributed by atoms with Crippen LogP contribution in [0.4, 0.5) is 0 Å². The van der Waals surface area contributed by atoms with Gasteiger partial charge in [-0.15, -0.1) is 0 Å². The van der Waals surface area contributed by atoms with Crippen molar-refractivity contribution < 1.29 is 17.1 Å². The van der Waals surface area contributed by atoms with Crippen molar-refractivity contribution in [2.75, 3.05) is 0 Å². The summed E-state index contributed by atoms with van der Waals surface area (Å²) in [4.78, 5) is 0. The van der Waals surface area contributed by atoms with Crippen LogP contribution in [0.5, 0.6) is 0 Å². The molecule has 0 heterocycles. The van der Waals surface area contributed by atoms with E-state index in [1.165, 1.54) is 71.1 Å². The SMILES string of the molecule is CCCC[B-](c1ccccc1)(c1ccccc1)c1ccccc1.CCCC[B-](c1ccccc1)(c1ccccc1)c1ccccc1.[Cu+2]. The minimum atomic E-state index is -0.913. The summed E-state index contributed by atoms with van der Waals surface area (Å²) in [5, 5.41) is 0. The zero-order valence-corrected chi connectivity index (χ0v) is 29.0. The van der Waals surface area contributed by atoms with E-state index in [0.29, 0.717) is 0 Å². The zero-order valence-electron chi connectivity index (χ0n) is 28.0. The van der Waals surface area contributed by atoms with Crippen LogP contribution in [-0.4, -0.2) is 12.3 Å². The van der Waals surface area contributed by atoms with Gasteiger partial charge in [-0.2, -0.15) is 45.4 Å². The van der Waals surface area contributed by atoms with Gasteiger partial charge in [0, 0.05) is 0 Å². The van der Waals surface area contributed by atoms with Crippen LogP contribution in [0.15, 0.2) is 182 Å². The molecule has 0 saturated carbocycles. The number of benzene rings is 6. The molecule has 6 aromatic rings. The maximum absolute atomic E-state index is 2.30. The van der Waals surface area contributed by atoms with Crippen LogP contribution < -0.4 is 32.8 Å². The van der Waals surface area contributed by atoms with E-state index < -0.39 is 12.3 Å². The maximum Gasteiger partial charge on any atom is 2.00 e. The summed E-state index contributed by atoms with van der Waals surface area (Å²) in [6, 6.07) is 66.3. The Hall–Kier alpha value is -4.03. The molecule has 0 N–H and O–H groups in total. The molecule has 0 nitrogen and oxygen atoms in total. The number of hydrogen-bond acceptors (Lipinski definition) is 0. The van der Waals surface area contributed by atoms with Crippen LogP contribution >= 0.6 is 0 Å². The third-order valence-electron chi connectivity index (χ3n) is 10.2. The fourth-order valence-electron chi connectivity index (χ4n) is 7.86. The second-order valence-corrected chi connectivity index (χ2v) is 12.8. The Morgan fingerprint density at radius 3 is 0.617 bits per heavy atom. The van der Waals surface area contributed by atoms with E-state index in [0.717, 1.165) is 0 Å². The van der Waals surface area contributed by atoms with Crippen LogP contribution in [0.3, 0.4) is 0 Å². The molecule has 241 valence electrons. The van der Waals surface area contributed by atoms with E-state index in [2.05, 4.69) is 196 Å². The Morgan fingerprint density at radius 2 is 0.468 bits per heavy atom. The monoisotopic (exact) mass is 661 g/mol. The van der Waals surface area contributed by atoms with Crippen molar-refractivity contribution in [3.63, 3.8) is 0 Å². The molecular formula is C44H48B2Cu. The van der Waals surface area contributed by atoms with Crippen LogP contribution in [0.25, 0.3) is 0 Å². The van der Waals surface area contributed by atoms with Gasteiger partial charge in [-0.25, -0.2) is 0 Å². The number of rotatable bonds is 12. The first kappa shape index (κ1) is 35.8. The molecule has 0 aliphatic rings. The van der Waals surface area contributed by atoms with Crippen LogP contribution in [-0.2, 0) is 17.1 Å². The van der Waals surface area contributed by atoms with Crippen molar-refractivity contribution in [2.45, 2.75) is 52.2 Å². The number of unbranched alkanes of at least 4 members (excludes halogenated alkanes) is 2. The molecule has 0 unspecified atom stereocenters. The van der Waals surface area contributed by atoms with Gasteiger partial charge in [0.25, 0.3) is 0 Å². The predicted molar refractivity (Wildman–Crippen MR) is 207 cm³/mol. The molecule has 0 aliphatic carbocycles. The van der Waals surface area contributed by atoms with E-state index in [4.69, 9.17) is 0 Å². The van der Waals surface area contributed by atoms with E-state index in [1.807, 2.05) is 0 Å². The topological polar surface area (TPSA) is 0 Å². The minimum Gasteiger partial charge on any atom is -0.200 e. The molecule has 0 aliphatic heterocycles. The molecule has 6 rings (SSSR count). The summed E-state index contributed by atoms with van der Waals surface area (Å²) in [7, 11) is 0. The summed E-state index contributed by atoms with van der Waals surface area (Å²) in [6.45, 7) is 4.56. The Bertz CT molecular complexity index is 1350. The fourth-order valence-corrected chi connectivity index (χ4v) is 7.86. The molecule has 1 radical (unpaired) electrons. The third kappa shape index (κ3) is 8.28. The second-order valence-electron chi connectivity index (χ2n) is 12.8. The van der Waals surface area contributed by atoms with E-state index in [9.17, 15) is 0 Å². The molecule has 0 aromatic heterocycles. The Balaban J connectivity index is 0.000000208. The molecule has 47 heavy (non-hydrogen) atoms. The van der Waals surface area contributed by atoms with Crippen molar-refractivity contribution in [3.05, 3.63) is 182 Å². The summed E-state index contributed by atoms with van der Waals surface area (Å²) in [6.07, 6.45) is 5.46. The fraction of sp³-hybridized carbons (Fsp3) is 0.182. The summed E-state index contributed by atoms with van der Waals surface area (Å²) < 4.78 is 0. The Kier molecular flexibility index (Phi) is 14.0. The van der Waals surface area contributed by atoms with Gasteiger partial charge >= 0.3 is 17.1 Å². The molecule has 6 aromatic carbocycles. The van der Waals surface area contributed by atoms with E-state index in [1.54, 1.807) is 0 Å². The molecule has 0 saturated heterocycles. The van der Waals surface area contributed by atoms with Gasteiger partial charge in [-0.1, -0.05) is 222 Å². The van der Waals surface area contributed by atoms with Gasteiger partial charge in [0.1, 0.15) is 0 Å². The van der Waals surface area contributed by atoms with E-state index in [-0.39, 0.29) is 17.1 Å². The van der Waals surface area contributed by atoms with Crippen molar-refractivity contribution in [1.82, 2.24) is 0 Å². The van der Waals surface area contributed by atoms with E-state index >= 15 is 0 Å². The average molecular weight is 662 g/mol. The molecule has 0 fully saturated rings.